The minimum atomic E-state index is 0.412. The molecule has 3 rings (SSSR count). The van der Waals surface area contributed by atoms with Crippen LogP contribution in [0.1, 0.15) is 29.5 Å². The average Bonchev–Trinajstić information content (AvgIpc) is 3.10. The minimum Gasteiger partial charge on any atom is -0.372 e. The van der Waals surface area contributed by atoms with Crippen LogP contribution in [-0.4, -0.2) is 12.6 Å². The van der Waals surface area contributed by atoms with Crippen LogP contribution in [-0.2, 0) is 18.0 Å². The molecule has 1 saturated heterocycles. The van der Waals surface area contributed by atoms with E-state index < -0.39 is 0 Å². The molecule has 114 valence electrons. The Morgan fingerprint density at radius 1 is 1.05 bits per heavy atom. The molecule has 2 nitrogen and oxygen atoms in total. The topological polar surface area (TPSA) is 21.3 Å². The maximum atomic E-state index is 5.90. The average molecular weight is 293 g/mol. The van der Waals surface area contributed by atoms with Crippen molar-refractivity contribution in [1.82, 2.24) is 5.32 Å². The molecule has 1 unspecified atom stereocenters. The van der Waals surface area contributed by atoms with E-state index in [1.54, 1.807) is 0 Å². The van der Waals surface area contributed by atoms with Crippen LogP contribution in [0.25, 0.3) is 5.57 Å². The van der Waals surface area contributed by atoms with E-state index in [2.05, 4.69) is 48.3 Å². The third kappa shape index (κ3) is 3.65. The van der Waals surface area contributed by atoms with Crippen LogP contribution >= 0.6 is 0 Å². The molecule has 1 aliphatic rings. The Balaban J connectivity index is 1.64. The Kier molecular flexibility index (Phi) is 5.04. The van der Waals surface area contributed by atoms with Crippen LogP contribution in [0.2, 0.25) is 0 Å². The predicted octanol–water partition coefficient (Wildman–Crippen LogP) is 4.17. The molecule has 2 heteroatoms. The molecule has 0 spiro atoms. The first-order chi connectivity index (χ1) is 10.8. The fourth-order valence-corrected chi connectivity index (χ4v) is 2.98. The fourth-order valence-electron chi connectivity index (χ4n) is 2.98. The van der Waals surface area contributed by atoms with Gasteiger partial charge in [-0.15, -0.1) is 0 Å². The van der Waals surface area contributed by atoms with Crippen LogP contribution in [0, 0.1) is 0 Å². The minimum absolute atomic E-state index is 0.412. The van der Waals surface area contributed by atoms with Gasteiger partial charge >= 0.3 is 0 Å². The lowest BCUT2D eigenvalue weighted by Gasteiger charge is -2.17. The highest BCUT2D eigenvalue weighted by atomic mass is 16.5. The highest BCUT2D eigenvalue weighted by Gasteiger charge is 2.19. The van der Waals surface area contributed by atoms with Crippen LogP contribution < -0.4 is 5.32 Å². The zero-order chi connectivity index (χ0) is 15.2. The molecule has 1 N–H and O–H groups in total. The summed E-state index contributed by atoms with van der Waals surface area (Å²) in [6.07, 6.45) is 2.41. The van der Waals surface area contributed by atoms with E-state index in [-0.39, 0.29) is 0 Å². The number of nitrogens with one attached hydrogen (secondary N) is 1. The van der Waals surface area contributed by atoms with Crippen LogP contribution in [0.15, 0.2) is 61.2 Å². The Morgan fingerprint density at radius 3 is 2.59 bits per heavy atom. The third-order valence-corrected chi connectivity index (χ3v) is 4.21. The summed E-state index contributed by atoms with van der Waals surface area (Å²) in [5.74, 6) is 0. The molecule has 0 radical (unpaired) electrons. The second kappa shape index (κ2) is 7.39. The number of hydrogen-bond acceptors (Lipinski definition) is 2. The van der Waals surface area contributed by atoms with Gasteiger partial charge in [0.15, 0.2) is 0 Å². The van der Waals surface area contributed by atoms with Crippen molar-refractivity contribution in [2.24, 2.45) is 0 Å². The SMILES string of the molecule is C=C(c1ccccc1COCc1ccccc1)C1CCCN1. The summed E-state index contributed by atoms with van der Waals surface area (Å²) in [6.45, 7) is 6.67. The summed E-state index contributed by atoms with van der Waals surface area (Å²) in [5, 5.41) is 3.52. The van der Waals surface area contributed by atoms with Crippen LogP contribution in [0.4, 0.5) is 0 Å². The van der Waals surface area contributed by atoms with Crippen LogP contribution in [0.3, 0.4) is 0 Å². The van der Waals surface area contributed by atoms with Gasteiger partial charge in [-0.25, -0.2) is 0 Å². The van der Waals surface area contributed by atoms with Crippen molar-refractivity contribution in [3.8, 4) is 0 Å². The van der Waals surface area contributed by atoms with E-state index in [1.165, 1.54) is 35.1 Å². The zero-order valence-electron chi connectivity index (χ0n) is 12.9. The molecular formula is C20H23NO. The van der Waals surface area contributed by atoms with Crippen molar-refractivity contribution in [1.29, 1.82) is 0 Å². The van der Waals surface area contributed by atoms with Crippen molar-refractivity contribution in [3.63, 3.8) is 0 Å². The number of ether oxygens (including phenoxy) is 1. The van der Waals surface area contributed by atoms with Gasteiger partial charge in [0.25, 0.3) is 0 Å². The van der Waals surface area contributed by atoms with Gasteiger partial charge in [0, 0.05) is 6.04 Å². The van der Waals surface area contributed by atoms with Crippen molar-refractivity contribution in [2.75, 3.05) is 6.54 Å². The Hall–Kier alpha value is -1.90. The molecule has 2 aromatic rings. The number of rotatable bonds is 6. The Labute approximate surface area is 132 Å². The predicted molar refractivity (Wildman–Crippen MR) is 91.4 cm³/mol. The Morgan fingerprint density at radius 2 is 1.82 bits per heavy atom. The molecule has 0 aliphatic carbocycles. The molecule has 0 aromatic heterocycles. The molecule has 0 saturated carbocycles. The maximum absolute atomic E-state index is 5.90. The quantitative estimate of drug-likeness (QED) is 0.863. The summed E-state index contributed by atoms with van der Waals surface area (Å²) >= 11 is 0. The molecule has 1 atom stereocenters. The van der Waals surface area contributed by atoms with Gasteiger partial charge in [0.2, 0.25) is 0 Å². The normalized spacial score (nSPS) is 17.5. The molecule has 1 fully saturated rings. The van der Waals surface area contributed by atoms with E-state index in [0.29, 0.717) is 19.3 Å². The van der Waals surface area contributed by atoms with E-state index in [9.17, 15) is 0 Å². The lowest BCUT2D eigenvalue weighted by Crippen LogP contribution is -2.22. The fraction of sp³-hybridized carbons (Fsp3) is 0.300. The second-order valence-corrected chi connectivity index (χ2v) is 5.81. The summed E-state index contributed by atoms with van der Waals surface area (Å²) in [4.78, 5) is 0. The number of hydrogen-bond donors (Lipinski definition) is 1. The summed E-state index contributed by atoms with van der Waals surface area (Å²) in [7, 11) is 0. The standard InChI is InChI=1S/C20H23NO/c1-16(20-12-7-13-21-20)19-11-6-5-10-18(19)15-22-14-17-8-3-2-4-9-17/h2-6,8-11,20-21H,1,7,12-15H2. The number of benzene rings is 2. The highest BCUT2D eigenvalue weighted by Crippen LogP contribution is 2.26. The van der Waals surface area contributed by atoms with Crippen molar-refractivity contribution >= 4 is 5.57 Å². The first-order valence-corrected chi connectivity index (χ1v) is 7.97. The zero-order valence-corrected chi connectivity index (χ0v) is 12.9. The van der Waals surface area contributed by atoms with Gasteiger partial charge in [0.1, 0.15) is 0 Å². The van der Waals surface area contributed by atoms with Crippen LogP contribution in [0.5, 0.6) is 0 Å². The summed E-state index contributed by atoms with van der Waals surface area (Å²) in [5.41, 5.74) is 4.85. The highest BCUT2D eigenvalue weighted by molar-refractivity contribution is 5.70. The molecule has 0 amide bonds. The molecule has 1 heterocycles. The molecule has 2 aromatic carbocycles. The maximum Gasteiger partial charge on any atom is 0.0727 e. The van der Waals surface area contributed by atoms with E-state index >= 15 is 0 Å². The Bertz CT molecular complexity index is 615. The lowest BCUT2D eigenvalue weighted by molar-refractivity contribution is 0.107. The van der Waals surface area contributed by atoms with Crippen molar-refractivity contribution in [3.05, 3.63) is 77.9 Å². The monoisotopic (exact) mass is 293 g/mol. The van der Waals surface area contributed by atoms with Gasteiger partial charge in [-0.05, 0) is 41.6 Å². The van der Waals surface area contributed by atoms with Gasteiger partial charge in [-0.1, -0.05) is 61.2 Å². The van der Waals surface area contributed by atoms with E-state index in [0.717, 1.165) is 6.54 Å². The van der Waals surface area contributed by atoms with Gasteiger partial charge < -0.3 is 10.1 Å². The van der Waals surface area contributed by atoms with Gasteiger partial charge in [0.05, 0.1) is 13.2 Å². The lowest BCUT2D eigenvalue weighted by atomic mass is 9.95. The molecule has 22 heavy (non-hydrogen) atoms. The molecule has 0 bridgehead atoms. The largest absolute Gasteiger partial charge is 0.372 e. The first-order valence-electron chi connectivity index (χ1n) is 7.97. The second-order valence-electron chi connectivity index (χ2n) is 5.81. The first kappa shape index (κ1) is 15.0. The van der Waals surface area contributed by atoms with Crippen molar-refractivity contribution in [2.45, 2.75) is 32.1 Å². The summed E-state index contributed by atoms with van der Waals surface area (Å²) in [6, 6.07) is 19.1. The van der Waals surface area contributed by atoms with Gasteiger partial charge in [-0.3, -0.25) is 0 Å². The molecular weight excluding hydrogens is 270 g/mol. The summed E-state index contributed by atoms with van der Waals surface area (Å²) < 4.78 is 5.90. The van der Waals surface area contributed by atoms with E-state index in [4.69, 9.17) is 4.74 Å². The smallest absolute Gasteiger partial charge is 0.0727 e. The third-order valence-electron chi connectivity index (χ3n) is 4.21. The van der Waals surface area contributed by atoms with Gasteiger partial charge in [-0.2, -0.15) is 0 Å². The van der Waals surface area contributed by atoms with E-state index in [1.807, 2.05) is 18.2 Å². The van der Waals surface area contributed by atoms with Crippen molar-refractivity contribution < 1.29 is 4.74 Å². The molecule has 1 aliphatic heterocycles.